The van der Waals surface area contributed by atoms with Crippen molar-refractivity contribution >= 4 is 64.8 Å². The van der Waals surface area contributed by atoms with Crippen molar-refractivity contribution in [2.24, 2.45) is 9.98 Å². The van der Waals surface area contributed by atoms with Crippen LogP contribution in [0.15, 0.2) is 70.9 Å². The van der Waals surface area contributed by atoms with Crippen LogP contribution in [0.3, 0.4) is 0 Å². The minimum atomic E-state index is -4.13. The molecule has 0 saturated carbocycles. The van der Waals surface area contributed by atoms with Gasteiger partial charge in [0.2, 0.25) is 5.52 Å². The minimum Gasteiger partial charge on any atom is -0.748 e. The second kappa shape index (κ2) is 15.8. The van der Waals surface area contributed by atoms with E-state index in [1.807, 2.05) is 24.5 Å². The SMILES string of the molecule is C.C.CC1=Nc2c(ccc3c2ccc[n+]3CCCCS(=O)(=O)[O-])C1(C)C.CC1=Nc2c(ccc3ncccc23)C1(C)C.O=S1(=O)CCCCO1. The van der Waals surface area contributed by atoms with Gasteiger partial charge < -0.3 is 4.55 Å². The number of unbranched alkanes of at least 4 members (excludes halogenated alkanes) is 1. The van der Waals surface area contributed by atoms with Crippen LogP contribution in [0.2, 0.25) is 0 Å². The molecule has 272 valence electrons. The molecule has 12 heteroatoms. The van der Waals surface area contributed by atoms with E-state index in [4.69, 9.17) is 9.98 Å². The average Bonchev–Trinajstić information content (AvgIpc) is 3.41. The van der Waals surface area contributed by atoms with Gasteiger partial charge >= 0.3 is 0 Å². The van der Waals surface area contributed by atoms with Gasteiger partial charge in [-0.2, -0.15) is 13.0 Å². The van der Waals surface area contributed by atoms with Gasteiger partial charge in [0, 0.05) is 58.1 Å². The molecule has 7 rings (SSSR count). The number of benzene rings is 2. The maximum Gasteiger partial charge on any atom is 0.267 e. The van der Waals surface area contributed by atoms with Crippen molar-refractivity contribution in [1.82, 2.24) is 4.98 Å². The van der Waals surface area contributed by atoms with E-state index in [0.717, 1.165) is 51.7 Å². The van der Waals surface area contributed by atoms with E-state index in [2.05, 4.69) is 91.7 Å². The van der Waals surface area contributed by atoms with Gasteiger partial charge in [0.1, 0.15) is 6.54 Å². The van der Waals surface area contributed by atoms with Gasteiger partial charge in [0.15, 0.2) is 6.20 Å². The quantitative estimate of drug-likeness (QED) is 0.0883. The van der Waals surface area contributed by atoms with E-state index in [9.17, 15) is 21.4 Å². The first-order chi connectivity index (χ1) is 22.5. The second-order valence-electron chi connectivity index (χ2n) is 13.5. The number of hydrogen-bond donors (Lipinski definition) is 0. The number of fused-ring (bicyclic) bond motifs is 6. The molecule has 5 heterocycles. The number of aryl methyl sites for hydroxylation is 1. The largest absolute Gasteiger partial charge is 0.748 e. The molecule has 0 radical (unpaired) electrons. The van der Waals surface area contributed by atoms with E-state index in [1.54, 1.807) is 0 Å². The van der Waals surface area contributed by atoms with Gasteiger partial charge in [-0.05, 0) is 74.6 Å². The summed E-state index contributed by atoms with van der Waals surface area (Å²) in [5.41, 5.74) is 9.09. The fourth-order valence-corrected chi connectivity index (χ4v) is 7.71. The predicted molar refractivity (Wildman–Crippen MR) is 204 cm³/mol. The molecule has 2 aromatic carbocycles. The lowest BCUT2D eigenvalue weighted by molar-refractivity contribution is -0.671. The van der Waals surface area contributed by atoms with Crippen molar-refractivity contribution in [1.29, 1.82) is 0 Å². The minimum absolute atomic E-state index is 0. The molecule has 1 saturated heterocycles. The molecule has 0 bridgehead atoms. The Hall–Kier alpha value is -3.58. The summed E-state index contributed by atoms with van der Waals surface area (Å²) in [7, 11) is -7.21. The standard InChI is InChI=1S/C18H22N2O3S.C14H14N2.C4H8O3S.2CH4/c1-13-18(2,3)15-8-9-16-14(17(15)19-13)7-6-11-20(16)10-4-5-12-24(21,22)23;1-9-14(2,3)11-6-7-12-10(13(11)16-9)5-4-8-15-12;5-8(6)4-2-1-3-7-8;;/h6-9,11H,4-5,10,12H2,1-3H3;4-8H,1-3H3;1-4H2;2*1H4. The van der Waals surface area contributed by atoms with Crippen LogP contribution in [0.1, 0.15) is 93.2 Å². The number of aromatic nitrogens is 2. The Morgan fingerprint density at radius 3 is 2.00 bits per heavy atom. The molecule has 2 aromatic heterocycles. The lowest BCUT2D eigenvalue weighted by Crippen LogP contribution is -2.34. The third-order valence-corrected chi connectivity index (χ3v) is 11.7. The van der Waals surface area contributed by atoms with Gasteiger partial charge in [-0.1, -0.05) is 48.6 Å². The molecule has 1 fully saturated rings. The summed E-state index contributed by atoms with van der Waals surface area (Å²) >= 11 is 0. The van der Waals surface area contributed by atoms with Crippen LogP contribution in [-0.4, -0.2) is 55.9 Å². The average molecular weight is 725 g/mol. The summed E-state index contributed by atoms with van der Waals surface area (Å²) in [4.78, 5) is 13.9. The van der Waals surface area contributed by atoms with Crippen LogP contribution in [-0.2, 0) is 41.8 Å². The van der Waals surface area contributed by atoms with Gasteiger partial charge in [-0.3, -0.25) is 19.2 Å². The Balaban J connectivity index is 0.000000224. The molecule has 0 amide bonds. The zero-order valence-electron chi connectivity index (χ0n) is 28.5. The maximum atomic E-state index is 10.7. The number of aliphatic imine (C=N–C) groups is 2. The second-order valence-corrected chi connectivity index (χ2v) is 16.8. The molecule has 50 heavy (non-hydrogen) atoms. The Morgan fingerprint density at radius 2 is 1.44 bits per heavy atom. The highest BCUT2D eigenvalue weighted by atomic mass is 32.2. The van der Waals surface area contributed by atoms with E-state index < -0.39 is 20.2 Å². The molecular weight excluding hydrogens is 673 g/mol. The summed E-state index contributed by atoms with van der Waals surface area (Å²) in [6.45, 7) is 14.0. The zero-order chi connectivity index (χ0) is 34.9. The topological polar surface area (TPSA) is 142 Å². The number of nitrogens with zero attached hydrogens (tertiary/aromatic N) is 4. The molecule has 0 spiro atoms. The van der Waals surface area contributed by atoms with E-state index >= 15 is 0 Å². The third-order valence-electron chi connectivity index (χ3n) is 9.60. The van der Waals surface area contributed by atoms with Crippen LogP contribution in [0.25, 0.3) is 21.8 Å². The zero-order valence-corrected chi connectivity index (χ0v) is 30.1. The Kier molecular flexibility index (Phi) is 12.9. The Bertz CT molecular complexity index is 2130. The van der Waals surface area contributed by atoms with Gasteiger partial charge in [0.05, 0.1) is 44.8 Å². The lowest BCUT2D eigenvalue weighted by atomic mass is 9.82. The van der Waals surface area contributed by atoms with Crippen molar-refractivity contribution in [3.63, 3.8) is 0 Å². The number of hydrogen-bond acceptors (Lipinski definition) is 9. The monoisotopic (exact) mass is 724 g/mol. The molecule has 0 N–H and O–H groups in total. The van der Waals surface area contributed by atoms with Gasteiger partial charge in [0.25, 0.3) is 10.1 Å². The molecule has 3 aliphatic heterocycles. The van der Waals surface area contributed by atoms with Crippen molar-refractivity contribution in [3.8, 4) is 0 Å². The number of rotatable bonds is 5. The maximum absolute atomic E-state index is 10.7. The molecule has 10 nitrogen and oxygen atoms in total. The first-order valence-corrected chi connectivity index (χ1v) is 19.4. The first-order valence-electron chi connectivity index (χ1n) is 16.3. The van der Waals surface area contributed by atoms with Gasteiger partial charge in [-0.15, -0.1) is 0 Å². The van der Waals surface area contributed by atoms with Crippen molar-refractivity contribution < 1.29 is 30.1 Å². The smallest absolute Gasteiger partial charge is 0.267 e. The molecule has 0 unspecified atom stereocenters. The predicted octanol–water partition coefficient (Wildman–Crippen LogP) is 7.85. The summed E-state index contributed by atoms with van der Waals surface area (Å²) in [6, 6.07) is 16.6. The first kappa shape index (κ1) is 40.8. The molecule has 4 aromatic rings. The fraction of sp³-hybridized carbons (Fsp3) is 0.474. The van der Waals surface area contributed by atoms with Crippen molar-refractivity contribution in [2.75, 3.05) is 18.1 Å². The summed E-state index contributed by atoms with van der Waals surface area (Å²) < 4.78 is 59.5. The Labute approximate surface area is 298 Å². The molecule has 3 aliphatic rings. The molecule has 0 aliphatic carbocycles. The number of pyridine rings is 2. The molecule has 0 atom stereocenters. The summed E-state index contributed by atoms with van der Waals surface area (Å²) in [6.07, 6.45) is 6.46. The van der Waals surface area contributed by atoms with E-state index in [-0.39, 0.29) is 37.2 Å². The normalized spacial score (nSPS) is 17.7. The lowest BCUT2D eigenvalue weighted by Gasteiger charge is -2.19. The van der Waals surface area contributed by atoms with Crippen molar-refractivity contribution in [3.05, 3.63) is 72.1 Å². The van der Waals surface area contributed by atoms with Crippen LogP contribution in [0, 0.1) is 0 Å². The summed E-state index contributed by atoms with van der Waals surface area (Å²) in [5, 5.41) is 2.27. The van der Waals surface area contributed by atoms with E-state index in [0.29, 0.717) is 26.0 Å². The van der Waals surface area contributed by atoms with Gasteiger partial charge in [-0.25, -0.2) is 8.42 Å². The highest BCUT2D eigenvalue weighted by molar-refractivity contribution is 7.86. The molecular formula is C38H52N4O6S2. The fourth-order valence-electron chi connectivity index (χ4n) is 6.11. The Morgan fingerprint density at radius 1 is 0.840 bits per heavy atom. The van der Waals surface area contributed by atoms with Crippen LogP contribution in [0.5, 0.6) is 0 Å². The third kappa shape index (κ3) is 8.82. The highest BCUT2D eigenvalue weighted by Crippen LogP contribution is 2.44. The van der Waals surface area contributed by atoms with Crippen molar-refractivity contribution in [2.45, 2.75) is 99.5 Å². The van der Waals surface area contributed by atoms with Crippen LogP contribution < -0.4 is 4.57 Å². The van der Waals surface area contributed by atoms with Crippen LogP contribution in [0.4, 0.5) is 11.4 Å². The highest BCUT2D eigenvalue weighted by Gasteiger charge is 2.34. The van der Waals surface area contributed by atoms with Crippen LogP contribution >= 0.6 is 0 Å². The summed E-state index contributed by atoms with van der Waals surface area (Å²) in [5.74, 6) is -0.0988. The van der Waals surface area contributed by atoms with E-state index in [1.165, 1.54) is 16.8 Å².